The van der Waals surface area contributed by atoms with Gasteiger partial charge in [-0.25, -0.2) is 4.31 Å². The van der Waals surface area contributed by atoms with Gasteiger partial charge in [0.2, 0.25) is 0 Å². The highest BCUT2D eigenvalue weighted by atomic mass is 127. The van der Waals surface area contributed by atoms with E-state index in [1.54, 1.807) is 9.12 Å². The van der Waals surface area contributed by atoms with Crippen molar-refractivity contribution < 1.29 is 4.79 Å². The third-order valence-corrected chi connectivity index (χ3v) is 7.89. The van der Waals surface area contributed by atoms with Crippen molar-refractivity contribution in [3.8, 4) is 0 Å². The van der Waals surface area contributed by atoms with Crippen LogP contribution in [0.1, 0.15) is 36.1 Å². The number of carbonyl (C=O) groups is 1. The van der Waals surface area contributed by atoms with Gasteiger partial charge >= 0.3 is 0 Å². The van der Waals surface area contributed by atoms with Gasteiger partial charge in [-0.05, 0) is 33.7 Å². The molecular weight excluding hydrogens is 455 g/mol. The van der Waals surface area contributed by atoms with E-state index in [0.717, 1.165) is 13.0 Å². The Bertz CT molecular complexity index is 757. The maximum Gasteiger partial charge on any atom is 0.140 e. The molecule has 2 aliphatic rings. The number of nitrogens with zero attached hydrogens (tertiary/aromatic N) is 2. The molecule has 2 fully saturated rings. The Kier molecular flexibility index (Phi) is 5.69. The van der Waals surface area contributed by atoms with Gasteiger partial charge in [-0.3, -0.25) is 9.69 Å². The van der Waals surface area contributed by atoms with Crippen molar-refractivity contribution >= 4 is 36.1 Å². The topological polar surface area (TPSA) is 23.6 Å². The van der Waals surface area contributed by atoms with Crippen LogP contribution in [0.25, 0.3) is 0 Å². The number of rotatable bonds is 3. The SMILES string of the molecule is CN1C[C@H]2C(=O)CC(c3ccccc3)N(SI)[C@H]2CC1c1ccccc1. The Morgan fingerprint density at radius 2 is 1.54 bits per heavy atom. The quantitative estimate of drug-likeness (QED) is 0.455. The summed E-state index contributed by atoms with van der Waals surface area (Å²) in [6.07, 6.45) is 1.61. The molecule has 5 heteroatoms. The lowest BCUT2D eigenvalue weighted by molar-refractivity contribution is -0.132. The first-order chi connectivity index (χ1) is 12.7. The van der Waals surface area contributed by atoms with E-state index < -0.39 is 0 Å². The maximum atomic E-state index is 13.0. The lowest BCUT2D eigenvalue weighted by Gasteiger charge is -2.50. The summed E-state index contributed by atoms with van der Waals surface area (Å²) in [5.41, 5.74) is 2.60. The number of likely N-dealkylation sites (tertiary alicyclic amines) is 1. The number of halogens is 1. The highest BCUT2D eigenvalue weighted by Crippen LogP contribution is 2.47. The number of benzene rings is 2. The van der Waals surface area contributed by atoms with Crippen molar-refractivity contribution in [2.45, 2.75) is 31.0 Å². The number of hydrogen-bond donors (Lipinski definition) is 0. The first kappa shape index (κ1) is 18.5. The van der Waals surface area contributed by atoms with E-state index in [4.69, 9.17) is 0 Å². The molecule has 2 heterocycles. The number of ketones is 1. The number of fused-ring (bicyclic) bond motifs is 1. The molecule has 0 spiro atoms. The summed E-state index contributed by atoms with van der Waals surface area (Å²) < 4.78 is 2.49. The summed E-state index contributed by atoms with van der Waals surface area (Å²) in [6, 6.07) is 22.0. The Balaban J connectivity index is 1.65. The van der Waals surface area contributed by atoms with E-state index in [1.165, 1.54) is 11.1 Å². The Hall–Kier alpha value is -0.890. The van der Waals surface area contributed by atoms with E-state index in [2.05, 4.69) is 92.1 Å². The van der Waals surface area contributed by atoms with E-state index >= 15 is 0 Å². The fourth-order valence-corrected chi connectivity index (χ4v) is 6.83. The first-order valence-electron chi connectivity index (χ1n) is 9.09. The van der Waals surface area contributed by atoms with Crippen LogP contribution in [0.3, 0.4) is 0 Å². The van der Waals surface area contributed by atoms with Crippen LogP contribution in [-0.4, -0.2) is 34.6 Å². The Labute approximate surface area is 171 Å². The number of carbonyl (C=O) groups excluding carboxylic acids is 1. The van der Waals surface area contributed by atoms with Crippen LogP contribution >= 0.6 is 30.3 Å². The van der Waals surface area contributed by atoms with Gasteiger partial charge in [-0.1, -0.05) is 60.7 Å². The average Bonchev–Trinajstić information content (AvgIpc) is 2.69. The van der Waals surface area contributed by atoms with Crippen LogP contribution in [0, 0.1) is 5.92 Å². The number of Topliss-reactive ketones (excluding diaryl/α,β-unsaturated/α-hetero) is 1. The van der Waals surface area contributed by atoms with Gasteiger partial charge in [0, 0.05) is 52.2 Å². The van der Waals surface area contributed by atoms with Gasteiger partial charge in [-0.2, -0.15) is 0 Å². The second-order valence-corrected chi connectivity index (χ2v) is 9.04. The van der Waals surface area contributed by atoms with Gasteiger partial charge in [0.05, 0.1) is 6.04 Å². The third kappa shape index (κ3) is 3.46. The molecule has 0 aromatic heterocycles. The second kappa shape index (κ2) is 8.00. The average molecular weight is 478 g/mol. The minimum Gasteiger partial charge on any atom is -0.299 e. The second-order valence-electron chi connectivity index (χ2n) is 7.30. The van der Waals surface area contributed by atoms with Crippen molar-refractivity contribution in [3.05, 3.63) is 71.8 Å². The van der Waals surface area contributed by atoms with Gasteiger partial charge in [0.15, 0.2) is 0 Å². The van der Waals surface area contributed by atoms with Crippen LogP contribution in [0.15, 0.2) is 60.7 Å². The summed E-state index contributed by atoms with van der Waals surface area (Å²) in [5, 5.41) is 0. The summed E-state index contributed by atoms with van der Waals surface area (Å²) in [6.45, 7) is 0.846. The molecule has 2 unspecified atom stereocenters. The van der Waals surface area contributed by atoms with Crippen molar-refractivity contribution in [1.29, 1.82) is 0 Å². The number of piperidine rings is 2. The molecule has 0 radical (unpaired) electrons. The van der Waals surface area contributed by atoms with E-state index in [-0.39, 0.29) is 18.0 Å². The van der Waals surface area contributed by atoms with E-state index in [0.29, 0.717) is 18.2 Å². The third-order valence-electron chi connectivity index (χ3n) is 5.84. The van der Waals surface area contributed by atoms with E-state index in [9.17, 15) is 4.79 Å². The molecule has 3 nitrogen and oxygen atoms in total. The van der Waals surface area contributed by atoms with Crippen molar-refractivity contribution in [2.75, 3.05) is 13.6 Å². The van der Waals surface area contributed by atoms with E-state index in [1.807, 2.05) is 6.07 Å². The van der Waals surface area contributed by atoms with Gasteiger partial charge in [0.1, 0.15) is 5.78 Å². The highest BCUT2D eigenvalue weighted by molar-refractivity contribution is 14.2. The summed E-state index contributed by atoms with van der Waals surface area (Å²) in [7, 11) is 3.93. The number of hydrogen-bond acceptors (Lipinski definition) is 4. The lowest BCUT2D eigenvalue weighted by Crippen LogP contribution is -2.56. The predicted octanol–water partition coefficient (Wildman–Crippen LogP) is 5.06. The van der Waals surface area contributed by atoms with Crippen LogP contribution in [0.2, 0.25) is 0 Å². The molecule has 26 heavy (non-hydrogen) atoms. The zero-order valence-electron chi connectivity index (χ0n) is 14.8. The molecular formula is C21H23IN2OS. The van der Waals surface area contributed by atoms with Crippen molar-refractivity contribution in [2.24, 2.45) is 5.92 Å². The summed E-state index contributed by atoms with van der Waals surface area (Å²) in [5.74, 6) is 0.533. The summed E-state index contributed by atoms with van der Waals surface area (Å²) in [4.78, 5) is 15.4. The smallest absolute Gasteiger partial charge is 0.140 e. The molecule has 0 saturated carbocycles. The van der Waals surface area contributed by atoms with Gasteiger partial charge in [-0.15, -0.1) is 0 Å². The largest absolute Gasteiger partial charge is 0.299 e. The molecule has 0 N–H and O–H groups in total. The Morgan fingerprint density at radius 3 is 2.12 bits per heavy atom. The molecule has 0 aliphatic carbocycles. The molecule has 0 bridgehead atoms. The first-order valence-corrected chi connectivity index (χ1v) is 12.4. The fourth-order valence-electron chi connectivity index (χ4n) is 4.50. The van der Waals surface area contributed by atoms with Crippen LogP contribution in [-0.2, 0) is 4.79 Å². The molecule has 4 rings (SSSR count). The lowest BCUT2D eigenvalue weighted by atomic mass is 9.77. The molecule has 2 aromatic rings. The predicted molar refractivity (Wildman–Crippen MR) is 116 cm³/mol. The van der Waals surface area contributed by atoms with Crippen LogP contribution < -0.4 is 0 Å². The standard InChI is InChI=1S/C21H23IN2OS/c1-23-14-17-20(12-18(23)15-8-4-2-5-9-15)24(26-22)19(13-21(17)25)16-10-6-3-7-11-16/h2-11,17-20H,12-14H2,1H3/t17-,18?,19?,20+/m1/s1. The minimum absolute atomic E-state index is 0.113. The molecule has 2 saturated heterocycles. The monoisotopic (exact) mass is 478 g/mol. The van der Waals surface area contributed by atoms with Gasteiger partial charge < -0.3 is 0 Å². The van der Waals surface area contributed by atoms with Crippen LogP contribution in [0.5, 0.6) is 0 Å². The van der Waals surface area contributed by atoms with Crippen molar-refractivity contribution in [1.82, 2.24) is 9.21 Å². The normalized spacial score (nSPS) is 30.2. The maximum absolute atomic E-state index is 13.0. The van der Waals surface area contributed by atoms with Crippen molar-refractivity contribution in [3.63, 3.8) is 0 Å². The zero-order valence-corrected chi connectivity index (χ0v) is 17.8. The summed E-state index contributed by atoms with van der Waals surface area (Å²) >= 11 is 2.39. The molecule has 2 aromatic carbocycles. The zero-order chi connectivity index (χ0) is 18.1. The minimum atomic E-state index is 0.113. The highest BCUT2D eigenvalue weighted by Gasteiger charge is 2.47. The van der Waals surface area contributed by atoms with Crippen LogP contribution in [0.4, 0.5) is 0 Å². The molecule has 2 aliphatic heterocycles. The van der Waals surface area contributed by atoms with Gasteiger partial charge in [0.25, 0.3) is 0 Å². The fraction of sp³-hybridized carbons (Fsp3) is 0.381. The molecule has 0 amide bonds. The molecule has 136 valence electrons. The Morgan fingerprint density at radius 1 is 0.962 bits per heavy atom. The molecule has 4 atom stereocenters.